The average molecular weight is 498 g/mol. The fourth-order valence-corrected chi connectivity index (χ4v) is 0.951. The summed E-state index contributed by atoms with van der Waals surface area (Å²) < 4.78 is 59.2. The molecule has 1 aromatic carbocycles. The summed E-state index contributed by atoms with van der Waals surface area (Å²) in [4.78, 5) is 0. The van der Waals surface area contributed by atoms with E-state index in [9.17, 15) is 25.2 Å². The van der Waals surface area contributed by atoms with Crippen molar-refractivity contribution in [2.24, 2.45) is 0 Å². The molecular weight excluding hydrogens is 478 g/mol. The summed E-state index contributed by atoms with van der Waals surface area (Å²) in [5, 5.41) is 14.6. The molecule has 2 nitrogen and oxygen atoms in total. The Bertz CT molecular complexity index is 510. The number of aryl methyl sites for hydroxylation is 1. The number of benzene rings is 1. The summed E-state index contributed by atoms with van der Waals surface area (Å²) in [6, 6.07) is 12.2. The molecule has 0 aromatic heterocycles. The minimum absolute atomic E-state index is 0.653. The van der Waals surface area contributed by atoms with E-state index in [1.54, 1.807) is 12.1 Å². The molecule has 0 amide bonds. The van der Waals surface area contributed by atoms with Crippen LogP contribution in [0.2, 0.25) is 0 Å². The molecule has 0 fully saturated rings. The molecule has 0 atom stereocenters. The molecule has 0 aliphatic carbocycles. The van der Waals surface area contributed by atoms with Gasteiger partial charge in [0.1, 0.15) is 0 Å². The Morgan fingerprint density at radius 1 is 0.880 bits per heavy atom. The zero-order valence-corrected chi connectivity index (χ0v) is 17.6. The summed E-state index contributed by atoms with van der Waals surface area (Å²) >= 11 is 1.82. The van der Waals surface area contributed by atoms with Crippen molar-refractivity contribution in [1.82, 2.24) is 0 Å². The summed E-state index contributed by atoms with van der Waals surface area (Å²) in [5.74, 6) is 0.653. The van der Waals surface area contributed by atoms with Crippen LogP contribution in [0, 0.1) is 29.6 Å². The van der Waals surface area contributed by atoms with Crippen LogP contribution < -0.4 is 0 Å². The van der Waals surface area contributed by atoms with Crippen molar-refractivity contribution in [2.75, 3.05) is 0 Å². The van der Waals surface area contributed by atoms with Crippen molar-refractivity contribution in [3.63, 3.8) is 0 Å². The van der Waals surface area contributed by atoms with Crippen LogP contribution in [-0.4, -0.2) is 0 Å². The third-order valence-corrected chi connectivity index (χ3v) is 1.74. The predicted octanol–water partition coefficient (Wildman–Crippen LogP) is 8.25. The molecule has 1 aromatic rings. The third-order valence-electron chi connectivity index (χ3n) is 1.74. The summed E-state index contributed by atoms with van der Waals surface area (Å²) in [7, 11) is -6.09. The van der Waals surface area contributed by atoms with Crippen molar-refractivity contribution in [3.8, 4) is 12.1 Å². The van der Waals surface area contributed by atoms with Crippen LogP contribution in [0.15, 0.2) is 24.3 Å². The maximum absolute atomic E-state index is 10.7. The molecular formula is C14H20ClF6N2PRu. The van der Waals surface area contributed by atoms with Gasteiger partial charge in [-0.15, -0.1) is 0 Å². The van der Waals surface area contributed by atoms with Gasteiger partial charge in [-0.05, 0) is 18.4 Å². The van der Waals surface area contributed by atoms with Gasteiger partial charge >= 0.3 is 60.0 Å². The van der Waals surface area contributed by atoms with Crippen molar-refractivity contribution in [2.45, 2.75) is 40.5 Å². The van der Waals surface area contributed by atoms with Gasteiger partial charge < -0.3 is 0 Å². The van der Waals surface area contributed by atoms with Crippen LogP contribution in [-0.2, 0) is 17.3 Å². The first-order chi connectivity index (χ1) is 11.0. The van der Waals surface area contributed by atoms with Crippen LogP contribution in [0.25, 0.3) is 0 Å². The van der Waals surface area contributed by atoms with E-state index < -0.39 is 7.81 Å². The van der Waals surface area contributed by atoms with Crippen molar-refractivity contribution >= 4 is 17.5 Å². The number of rotatable bonds is 1. The molecule has 0 spiro atoms. The third kappa shape index (κ3) is 59.9. The first-order valence-corrected chi connectivity index (χ1v) is 10.6. The Morgan fingerprint density at radius 3 is 1.24 bits per heavy atom. The fourth-order valence-electron chi connectivity index (χ4n) is 0.951. The SMILES string of the molecule is CC#N.CC#N.Cc1ccc(C(C)C)cc1.F[P-](F)(F)(F)(F)F.[Cl][Ru+]. The summed E-state index contributed by atoms with van der Waals surface area (Å²) in [6.07, 6.45) is 0. The van der Waals surface area contributed by atoms with Gasteiger partial charge in [0.05, 0.1) is 12.1 Å². The van der Waals surface area contributed by atoms with E-state index in [4.69, 9.17) is 10.5 Å². The molecule has 0 bridgehead atoms. The quantitative estimate of drug-likeness (QED) is 0.223. The van der Waals surface area contributed by atoms with E-state index in [1.807, 2.05) is 17.3 Å². The zero-order valence-electron chi connectivity index (χ0n) is 14.2. The van der Waals surface area contributed by atoms with Crippen molar-refractivity contribution in [3.05, 3.63) is 35.4 Å². The predicted molar refractivity (Wildman–Crippen MR) is 87.3 cm³/mol. The molecule has 0 aliphatic heterocycles. The number of nitriles is 2. The molecule has 0 unspecified atom stereocenters. The van der Waals surface area contributed by atoms with Gasteiger partial charge in [0, 0.05) is 13.8 Å². The molecule has 1 rings (SSSR count). The molecule has 0 N–H and O–H groups in total. The van der Waals surface area contributed by atoms with Gasteiger partial charge in [-0.2, -0.15) is 10.5 Å². The number of hydrogen-bond acceptors (Lipinski definition) is 2. The van der Waals surface area contributed by atoms with Crippen LogP contribution in [0.5, 0.6) is 0 Å². The Balaban J connectivity index is -0.000000129. The fraction of sp³-hybridized carbons (Fsp3) is 0.429. The van der Waals surface area contributed by atoms with Gasteiger partial charge in [-0.25, -0.2) is 0 Å². The molecule has 0 heterocycles. The number of halogens is 7. The Labute approximate surface area is 158 Å². The minimum atomic E-state index is -10.7. The molecule has 0 aliphatic rings. The van der Waals surface area contributed by atoms with Crippen molar-refractivity contribution < 1.29 is 42.5 Å². The zero-order chi connectivity index (χ0) is 21.4. The van der Waals surface area contributed by atoms with Gasteiger partial charge in [-0.3, -0.25) is 0 Å². The topological polar surface area (TPSA) is 47.6 Å². The van der Waals surface area contributed by atoms with Crippen LogP contribution in [0.4, 0.5) is 25.2 Å². The second kappa shape index (κ2) is 13.3. The second-order valence-electron chi connectivity index (χ2n) is 4.47. The van der Waals surface area contributed by atoms with Crippen LogP contribution >= 0.6 is 17.5 Å². The summed E-state index contributed by atoms with van der Waals surface area (Å²) in [6.45, 7) is 9.40. The van der Waals surface area contributed by atoms with Crippen molar-refractivity contribution in [1.29, 1.82) is 10.5 Å². The Morgan fingerprint density at radius 2 is 1.08 bits per heavy atom. The summed E-state index contributed by atoms with van der Waals surface area (Å²) in [5.41, 5.74) is 2.76. The van der Waals surface area contributed by atoms with E-state index >= 15 is 0 Å². The molecule has 148 valence electrons. The molecule has 25 heavy (non-hydrogen) atoms. The van der Waals surface area contributed by atoms with Gasteiger partial charge in [-0.1, -0.05) is 43.7 Å². The van der Waals surface area contributed by atoms with Gasteiger partial charge in [0.2, 0.25) is 0 Å². The average Bonchev–Trinajstić information content (AvgIpc) is 2.40. The van der Waals surface area contributed by atoms with Crippen LogP contribution in [0.1, 0.15) is 44.7 Å². The molecule has 0 saturated heterocycles. The normalized spacial score (nSPS) is 11.5. The molecule has 0 saturated carbocycles. The van der Waals surface area contributed by atoms with E-state index in [1.165, 1.54) is 25.0 Å². The monoisotopic (exact) mass is 498 g/mol. The number of hydrogen-bond donors (Lipinski definition) is 0. The Hall–Kier alpha value is -0.877. The van der Waals surface area contributed by atoms with E-state index in [0.717, 1.165) is 0 Å². The second-order valence-corrected chi connectivity index (χ2v) is 6.39. The first kappa shape index (κ1) is 31.9. The van der Waals surface area contributed by atoms with E-state index in [2.05, 4.69) is 54.7 Å². The van der Waals surface area contributed by atoms with Gasteiger partial charge in [0.25, 0.3) is 0 Å². The first-order valence-electron chi connectivity index (χ1n) is 6.36. The Kier molecular flexibility index (Phi) is 17.0. The van der Waals surface area contributed by atoms with Gasteiger partial charge in [0.15, 0.2) is 0 Å². The standard InChI is InChI=1S/C10H14.2C2H3N.ClH.F6P.Ru/c1-8(2)10-6-4-9(3)5-7-10;2*1-2-3;;1-7(2,3,4,5)6;/h4-8H,1-3H3;2*1H3;1H;;/q;;;;-1;+2/p-1. The van der Waals surface area contributed by atoms with Crippen LogP contribution in [0.3, 0.4) is 0 Å². The maximum atomic E-state index is 9.87. The number of nitrogens with zero attached hydrogens (tertiary/aromatic N) is 2. The molecule has 11 heteroatoms. The van der Waals surface area contributed by atoms with E-state index in [-0.39, 0.29) is 0 Å². The molecule has 0 radical (unpaired) electrons. The van der Waals surface area contributed by atoms with E-state index in [0.29, 0.717) is 5.92 Å².